The van der Waals surface area contributed by atoms with Crippen molar-refractivity contribution >= 4 is 6.29 Å². The predicted molar refractivity (Wildman–Crippen MR) is 104 cm³/mol. The Morgan fingerprint density at radius 3 is 1.11 bits per heavy atom. The molecule has 0 amide bonds. The van der Waals surface area contributed by atoms with Crippen molar-refractivity contribution in [2.45, 2.75) is 109 Å². The fourth-order valence-electron chi connectivity index (χ4n) is 3.19. The highest BCUT2D eigenvalue weighted by Gasteiger charge is 2.69. The van der Waals surface area contributed by atoms with Crippen LogP contribution in [0.4, 0.5) is 0 Å². The normalized spacial score (nSPS) is 11.3. The molecule has 0 fully saturated rings. The third-order valence-electron chi connectivity index (χ3n) is 4.96. The Hall–Kier alpha value is -2.13. The number of carbonyl (C=O) groups is 1. The van der Waals surface area contributed by atoms with E-state index in [0.717, 1.165) is 51.2 Å². The van der Waals surface area contributed by atoms with E-state index < -0.39 is 27.0 Å². The number of rotatable bonds is 20. The Labute approximate surface area is 165 Å². The Balaban J connectivity index is 3.59. The van der Waals surface area contributed by atoms with E-state index in [4.69, 9.17) is 0 Å². The topological polar surface area (TPSA) is 146 Å². The SMILES string of the molecule is O=CCCCCCCCCCCCCCCCCC([N+](=O)[O-])([N+](=O)[O-])[N+](=O)[O-]. The number of hydrogen-bond donors (Lipinski definition) is 0. The van der Waals surface area contributed by atoms with Crippen molar-refractivity contribution in [3.8, 4) is 0 Å². The second kappa shape index (κ2) is 15.9. The van der Waals surface area contributed by atoms with E-state index in [0.29, 0.717) is 12.8 Å². The molecule has 0 aliphatic heterocycles. The third kappa shape index (κ3) is 10.3. The fourth-order valence-corrected chi connectivity index (χ4v) is 3.19. The Bertz CT molecular complexity index is 450. The molecular weight excluding hydrogens is 370 g/mol. The maximum atomic E-state index is 10.8. The second-order valence-electron chi connectivity index (χ2n) is 7.20. The zero-order valence-electron chi connectivity index (χ0n) is 16.6. The van der Waals surface area contributed by atoms with Crippen LogP contribution in [0.5, 0.6) is 0 Å². The number of hydrogen-bond acceptors (Lipinski definition) is 7. The molecule has 0 unspecified atom stereocenters. The summed E-state index contributed by atoms with van der Waals surface area (Å²) in [5.41, 5.74) is 0. The molecule has 0 saturated carbocycles. The molecule has 0 aromatic carbocycles. The van der Waals surface area contributed by atoms with Gasteiger partial charge in [-0.05, 0) is 12.8 Å². The van der Waals surface area contributed by atoms with Crippen LogP contribution in [0.2, 0.25) is 0 Å². The molecule has 0 aromatic rings. The molecule has 0 aliphatic rings. The van der Waals surface area contributed by atoms with Gasteiger partial charge in [-0.2, -0.15) is 0 Å². The molecule has 0 aromatic heterocycles. The number of aldehydes is 1. The Kier molecular flexibility index (Phi) is 14.7. The van der Waals surface area contributed by atoms with Gasteiger partial charge in [0.05, 0.1) is 0 Å². The first kappa shape index (κ1) is 25.9. The molecule has 0 N–H and O–H groups in total. The van der Waals surface area contributed by atoms with Crippen LogP contribution in [0.1, 0.15) is 103 Å². The van der Waals surface area contributed by atoms with Gasteiger partial charge in [0.2, 0.25) is 0 Å². The van der Waals surface area contributed by atoms with Crippen molar-refractivity contribution in [3.05, 3.63) is 30.3 Å². The highest BCUT2D eigenvalue weighted by atomic mass is 16.7. The first-order valence-corrected chi connectivity index (χ1v) is 10.3. The maximum Gasteiger partial charge on any atom is 0.699 e. The van der Waals surface area contributed by atoms with Crippen molar-refractivity contribution in [1.82, 2.24) is 0 Å². The smallest absolute Gasteiger partial charge is 0.303 e. The summed E-state index contributed by atoms with van der Waals surface area (Å²) < 4.78 is 0. The monoisotopic (exact) mass is 403 g/mol. The van der Waals surface area contributed by atoms with E-state index in [1.165, 1.54) is 32.1 Å². The lowest BCUT2D eigenvalue weighted by Gasteiger charge is -2.08. The Morgan fingerprint density at radius 1 is 0.536 bits per heavy atom. The minimum atomic E-state index is -3.31. The summed E-state index contributed by atoms with van der Waals surface area (Å²) in [5, 5.41) is 32.4. The molecule has 0 saturated heterocycles. The van der Waals surface area contributed by atoms with Crippen LogP contribution in [0, 0.1) is 30.3 Å². The molecule has 0 radical (unpaired) electrons. The highest BCUT2D eigenvalue weighted by molar-refractivity contribution is 5.48. The van der Waals surface area contributed by atoms with Crippen LogP contribution < -0.4 is 0 Å². The summed E-state index contributed by atoms with van der Waals surface area (Å²) in [6.07, 6.45) is 14.8. The molecule has 0 aliphatic carbocycles. The highest BCUT2D eigenvalue weighted by Crippen LogP contribution is 2.21. The molecular formula is C18H33N3O7. The van der Waals surface area contributed by atoms with Crippen LogP contribution in [0.25, 0.3) is 0 Å². The van der Waals surface area contributed by atoms with Crippen molar-refractivity contribution in [2.75, 3.05) is 0 Å². The molecule has 10 heteroatoms. The molecule has 162 valence electrons. The largest absolute Gasteiger partial charge is 0.699 e. The first-order chi connectivity index (χ1) is 13.4. The van der Waals surface area contributed by atoms with Crippen molar-refractivity contribution in [1.29, 1.82) is 0 Å². The molecule has 0 atom stereocenters. The molecule has 0 bridgehead atoms. The van der Waals surface area contributed by atoms with Crippen LogP contribution in [0.3, 0.4) is 0 Å². The van der Waals surface area contributed by atoms with Crippen molar-refractivity contribution < 1.29 is 19.6 Å². The minimum absolute atomic E-state index is 0.0930. The van der Waals surface area contributed by atoms with Gasteiger partial charge in [0.15, 0.2) is 21.2 Å². The van der Waals surface area contributed by atoms with E-state index in [1.807, 2.05) is 0 Å². The van der Waals surface area contributed by atoms with E-state index in [1.54, 1.807) is 0 Å². The summed E-state index contributed by atoms with van der Waals surface area (Å²) >= 11 is 0. The fraction of sp³-hybridized carbons (Fsp3) is 0.944. The lowest BCUT2D eigenvalue weighted by atomic mass is 10.0. The standard InChI is InChI=1S/C18H33N3O7/c22-17-15-13-11-9-7-5-3-1-2-4-6-8-10-12-14-16-18(19(23)24,20(25)26)21(27)28/h17H,1-16H2. The lowest BCUT2D eigenvalue weighted by Crippen LogP contribution is -2.53. The Morgan fingerprint density at radius 2 is 0.821 bits per heavy atom. The number of carbonyl (C=O) groups excluding carboxylic acids is 1. The van der Waals surface area contributed by atoms with Crippen LogP contribution in [-0.4, -0.2) is 26.8 Å². The van der Waals surface area contributed by atoms with E-state index in [9.17, 15) is 35.1 Å². The van der Waals surface area contributed by atoms with E-state index >= 15 is 0 Å². The van der Waals surface area contributed by atoms with Gasteiger partial charge in [-0.3, -0.25) is 30.3 Å². The van der Waals surface area contributed by atoms with Gasteiger partial charge in [-0.25, -0.2) is 0 Å². The summed E-state index contributed by atoms with van der Waals surface area (Å²) in [5.74, 6) is -3.31. The van der Waals surface area contributed by atoms with Gasteiger partial charge in [0, 0.05) is 6.42 Å². The van der Waals surface area contributed by atoms with Crippen molar-refractivity contribution in [2.24, 2.45) is 0 Å². The van der Waals surface area contributed by atoms with Crippen LogP contribution in [-0.2, 0) is 4.79 Å². The molecule has 0 spiro atoms. The average molecular weight is 403 g/mol. The molecule has 0 rings (SSSR count). The predicted octanol–water partition coefficient (Wildman–Crippen LogP) is 4.91. The summed E-state index contributed by atoms with van der Waals surface area (Å²) in [4.78, 5) is 38.4. The van der Waals surface area contributed by atoms with Gasteiger partial charge in [-0.15, -0.1) is 0 Å². The first-order valence-electron chi connectivity index (χ1n) is 10.3. The van der Waals surface area contributed by atoms with Gasteiger partial charge >= 0.3 is 5.79 Å². The maximum absolute atomic E-state index is 10.8. The van der Waals surface area contributed by atoms with Gasteiger partial charge in [0.1, 0.15) is 6.29 Å². The van der Waals surface area contributed by atoms with E-state index in [2.05, 4.69) is 0 Å². The zero-order valence-corrected chi connectivity index (χ0v) is 16.6. The summed E-state index contributed by atoms with van der Waals surface area (Å²) in [6, 6.07) is 0. The minimum Gasteiger partial charge on any atom is -0.303 e. The van der Waals surface area contributed by atoms with Crippen LogP contribution in [0.15, 0.2) is 0 Å². The summed E-state index contributed by atoms with van der Waals surface area (Å²) in [6.45, 7) is 0. The van der Waals surface area contributed by atoms with Gasteiger partial charge < -0.3 is 4.79 Å². The van der Waals surface area contributed by atoms with Gasteiger partial charge in [-0.1, -0.05) is 77.0 Å². The quantitative estimate of drug-likeness (QED) is 0.0922. The lowest BCUT2D eigenvalue weighted by molar-refractivity contribution is -0.970. The van der Waals surface area contributed by atoms with E-state index in [-0.39, 0.29) is 6.42 Å². The zero-order chi connectivity index (χ0) is 21.3. The molecule has 10 nitrogen and oxygen atoms in total. The summed E-state index contributed by atoms with van der Waals surface area (Å²) in [7, 11) is 0. The van der Waals surface area contributed by atoms with Crippen molar-refractivity contribution in [3.63, 3.8) is 0 Å². The molecule has 0 heterocycles. The third-order valence-corrected chi connectivity index (χ3v) is 4.96. The average Bonchev–Trinajstić information content (AvgIpc) is 2.63. The second-order valence-corrected chi connectivity index (χ2v) is 7.20. The van der Waals surface area contributed by atoms with Gasteiger partial charge in [0.25, 0.3) is 0 Å². The number of nitrogens with zero attached hydrogens (tertiary/aromatic N) is 3. The van der Waals surface area contributed by atoms with Crippen LogP contribution >= 0.6 is 0 Å². The number of unbranched alkanes of at least 4 members (excludes halogenated alkanes) is 14. The number of nitro groups is 3. The molecule has 28 heavy (non-hydrogen) atoms.